The number of thiophene rings is 1. The van der Waals surface area contributed by atoms with Gasteiger partial charge in [0.15, 0.2) is 15.1 Å². The van der Waals surface area contributed by atoms with E-state index in [1.807, 2.05) is 6.92 Å². The molecule has 2 rings (SSSR count). The van der Waals surface area contributed by atoms with E-state index in [0.29, 0.717) is 12.8 Å². The van der Waals surface area contributed by atoms with E-state index in [4.69, 9.17) is 4.74 Å². The molecule has 0 saturated heterocycles. The molecule has 6 heteroatoms. The van der Waals surface area contributed by atoms with Crippen LogP contribution in [0.5, 0.6) is 0 Å². The highest BCUT2D eigenvalue weighted by atomic mass is 32.2. The normalized spacial score (nSPS) is 12.7. The van der Waals surface area contributed by atoms with Crippen molar-refractivity contribution in [2.45, 2.75) is 62.5 Å². The summed E-state index contributed by atoms with van der Waals surface area (Å²) in [5.74, 6) is -0.642. The lowest BCUT2D eigenvalue weighted by molar-refractivity contribution is -0.142. The largest absolute Gasteiger partial charge is 0.465 e. The van der Waals surface area contributed by atoms with Crippen LogP contribution in [-0.2, 0) is 25.8 Å². The topological polar surface area (TPSA) is 60.4 Å². The fraction of sp³-hybridized carbons (Fsp3) is 0.476. The van der Waals surface area contributed by atoms with Crippen LogP contribution in [-0.4, -0.2) is 26.2 Å². The van der Waals surface area contributed by atoms with Crippen LogP contribution >= 0.6 is 11.3 Å². The lowest BCUT2D eigenvalue weighted by Crippen LogP contribution is -2.32. The van der Waals surface area contributed by atoms with Gasteiger partial charge in [0.25, 0.3) is 0 Å². The van der Waals surface area contributed by atoms with Gasteiger partial charge in [0.2, 0.25) is 0 Å². The number of hydrogen-bond donors (Lipinski definition) is 0. The van der Waals surface area contributed by atoms with Crippen LogP contribution < -0.4 is 0 Å². The van der Waals surface area contributed by atoms with Gasteiger partial charge in [0, 0.05) is 4.88 Å². The van der Waals surface area contributed by atoms with Crippen LogP contribution in [0.4, 0.5) is 0 Å². The number of hydrogen-bond acceptors (Lipinski definition) is 5. The number of ether oxygens (including phenoxy) is 1. The molecule has 0 amide bonds. The molecule has 0 aliphatic carbocycles. The van der Waals surface area contributed by atoms with Crippen molar-refractivity contribution < 1.29 is 17.9 Å². The summed E-state index contributed by atoms with van der Waals surface area (Å²) < 4.78 is 30.9. The van der Waals surface area contributed by atoms with Crippen molar-refractivity contribution in [2.75, 3.05) is 6.61 Å². The average Bonchev–Trinajstić information content (AvgIpc) is 3.14. The van der Waals surface area contributed by atoms with Gasteiger partial charge in [0.05, 0.1) is 11.5 Å². The van der Waals surface area contributed by atoms with E-state index in [1.165, 1.54) is 4.88 Å². The Hall–Kier alpha value is -1.66. The molecule has 0 spiro atoms. The molecule has 1 heterocycles. The SMILES string of the molecule is CCOC(=O)C(CCCCCCc1cccs1)S(=O)(=O)c1ccc(C)cc1. The number of benzene rings is 1. The van der Waals surface area contributed by atoms with Gasteiger partial charge >= 0.3 is 5.97 Å². The summed E-state index contributed by atoms with van der Waals surface area (Å²) in [6, 6.07) is 10.8. The molecular weight excluding hydrogens is 380 g/mol. The molecule has 1 aromatic carbocycles. The molecule has 1 unspecified atom stereocenters. The average molecular weight is 409 g/mol. The van der Waals surface area contributed by atoms with Crippen molar-refractivity contribution in [3.05, 3.63) is 52.2 Å². The number of rotatable bonds is 11. The van der Waals surface area contributed by atoms with E-state index in [0.717, 1.165) is 31.2 Å². The molecule has 0 N–H and O–H groups in total. The molecule has 0 fully saturated rings. The Balaban J connectivity index is 1.93. The second-order valence-electron chi connectivity index (χ2n) is 6.63. The summed E-state index contributed by atoms with van der Waals surface area (Å²) in [6.07, 6.45) is 5.06. The van der Waals surface area contributed by atoms with Gasteiger partial charge in [-0.15, -0.1) is 11.3 Å². The Bertz CT molecular complexity index is 793. The number of carbonyl (C=O) groups is 1. The summed E-state index contributed by atoms with van der Waals surface area (Å²) in [7, 11) is -3.74. The molecule has 148 valence electrons. The highest BCUT2D eigenvalue weighted by Crippen LogP contribution is 2.23. The number of sulfone groups is 1. The van der Waals surface area contributed by atoms with Gasteiger partial charge in [-0.2, -0.15) is 0 Å². The third kappa shape index (κ3) is 6.47. The third-order valence-electron chi connectivity index (χ3n) is 4.49. The quantitative estimate of drug-likeness (QED) is 0.390. The van der Waals surface area contributed by atoms with Crippen molar-refractivity contribution in [3.8, 4) is 0 Å². The lowest BCUT2D eigenvalue weighted by Gasteiger charge is -2.16. The summed E-state index contributed by atoms with van der Waals surface area (Å²) in [4.78, 5) is 13.9. The molecule has 0 aliphatic heterocycles. The van der Waals surface area contributed by atoms with Crippen LogP contribution in [0.2, 0.25) is 0 Å². The van der Waals surface area contributed by atoms with E-state index in [2.05, 4.69) is 17.5 Å². The Kier molecular flexibility index (Phi) is 8.51. The van der Waals surface area contributed by atoms with Crippen molar-refractivity contribution in [1.82, 2.24) is 0 Å². The molecule has 1 aromatic heterocycles. The number of carbonyl (C=O) groups excluding carboxylic acids is 1. The van der Waals surface area contributed by atoms with E-state index in [-0.39, 0.29) is 11.5 Å². The first-order valence-electron chi connectivity index (χ1n) is 9.44. The van der Waals surface area contributed by atoms with Gasteiger partial charge < -0.3 is 4.74 Å². The Morgan fingerprint density at radius 3 is 2.41 bits per heavy atom. The van der Waals surface area contributed by atoms with Crippen LogP contribution in [0.1, 0.15) is 49.5 Å². The minimum atomic E-state index is -3.74. The van der Waals surface area contributed by atoms with Crippen LogP contribution in [0.3, 0.4) is 0 Å². The van der Waals surface area contributed by atoms with Gasteiger partial charge in [-0.05, 0) is 56.7 Å². The minimum absolute atomic E-state index is 0.180. The molecule has 0 saturated carbocycles. The second-order valence-corrected chi connectivity index (χ2v) is 9.79. The first kappa shape index (κ1) is 21.6. The highest BCUT2D eigenvalue weighted by Gasteiger charge is 2.34. The van der Waals surface area contributed by atoms with Gasteiger partial charge in [-0.3, -0.25) is 4.79 Å². The number of esters is 1. The molecule has 1 atom stereocenters. The number of unbranched alkanes of at least 4 members (excludes halogenated alkanes) is 3. The lowest BCUT2D eigenvalue weighted by atomic mass is 10.1. The Morgan fingerprint density at radius 2 is 1.78 bits per heavy atom. The second kappa shape index (κ2) is 10.6. The molecule has 4 nitrogen and oxygen atoms in total. The fourth-order valence-corrected chi connectivity index (χ4v) is 5.36. The molecular formula is C21H28O4S2. The maximum atomic E-state index is 12.9. The third-order valence-corrected chi connectivity index (χ3v) is 7.54. The number of aryl methyl sites for hydroxylation is 2. The molecule has 2 aromatic rings. The predicted molar refractivity (Wildman–Crippen MR) is 110 cm³/mol. The van der Waals surface area contributed by atoms with E-state index in [1.54, 1.807) is 42.5 Å². The van der Waals surface area contributed by atoms with Gasteiger partial charge in [-0.1, -0.05) is 43.0 Å². The zero-order valence-corrected chi connectivity index (χ0v) is 17.7. The van der Waals surface area contributed by atoms with E-state index >= 15 is 0 Å². The van der Waals surface area contributed by atoms with Crippen molar-refractivity contribution in [1.29, 1.82) is 0 Å². The summed E-state index contributed by atoms with van der Waals surface area (Å²) in [5, 5.41) is 0.951. The Labute approximate surface area is 166 Å². The smallest absolute Gasteiger partial charge is 0.324 e. The van der Waals surface area contributed by atoms with Gasteiger partial charge in [-0.25, -0.2) is 8.42 Å². The summed E-state index contributed by atoms with van der Waals surface area (Å²) >= 11 is 1.76. The monoisotopic (exact) mass is 408 g/mol. The summed E-state index contributed by atoms with van der Waals surface area (Å²) in [6.45, 7) is 3.77. The van der Waals surface area contributed by atoms with Crippen LogP contribution in [0.25, 0.3) is 0 Å². The van der Waals surface area contributed by atoms with Crippen molar-refractivity contribution in [2.24, 2.45) is 0 Å². The maximum absolute atomic E-state index is 12.9. The van der Waals surface area contributed by atoms with E-state index < -0.39 is 21.1 Å². The van der Waals surface area contributed by atoms with Gasteiger partial charge in [0.1, 0.15) is 0 Å². The zero-order valence-electron chi connectivity index (χ0n) is 16.0. The molecule has 27 heavy (non-hydrogen) atoms. The molecule has 0 radical (unpaired) electrons. The molecule has 0 aliphatic rings. The van der Waals surface area contributed by atoms with Crippen molar-refractivity contribution in [3.63, 3.8) is 0 Å². The first-order chi connectivity index (χ1) is 12.9. The Morgan fingerprint density at radius 1 is 1.07 bits per heavy atom. The highest BCUT2D eigenvalue weighted by molar-refractivity contribution is 7.92. The van der Waals surface area contributed by atoms with Crippen LogP contribution in [0.15, 0.2) is 46.7 Å². The minimum Gasteiger partial charge on any atom is -0.465 e. The first-order valence-corrected chi connectivity index (χ1v) is 11.9. The molecule has 0 bridgehead atoms. The standard InChI is InChI=1S/C21H28O4S2/c1-3-25-21(22)20(27(23,24)19-14-12-17(2)13-15-19)11-7-5-4-6-9-18-10-8-16-26-18/h8,10,12-16,20H,3-7,9,11H2,1-2H3. The zero-order chi connectivity index (χ0) is 19.7. The fourth-order valence-electron chi connectivity index (χ4n) is 2.96. The predicted octanol–water partition coefficient (Wildman–Crippen LogP) is 4.96. The van der Waals surface area contributed by atoms with E-state index in [9.17, 15) is 13.2 Å². The maximum Gasteiger partial charge on any atom is 0.324 e. The summed E-state index contributed by atoms with van der Waals surface area (Å²) in [5.41, 5.74) is 0.979. The van der Waals surface area contributed by atoms with Crippen LogP contribution in [0, 0.1) is 6.92 Å². The van der Waals surface area contributed by atoms with Crippen molar-refractivity contribution >= 4 is 27.1 Å².